The van der Waals surface area contributed by atoms with Crippen molar-refractivity contribution in [1.29, 1.82) is 0 Å². The number of amides is 2. The molecule has 0 saturated heterocycles. The van der Waals surface area contributed by atoms with Crippen LogP contribution in [0.4, 0.5) is 0 Å². The fourth-order valence-electron chi connectivity index (χ4n) is 2.15. The normalized spacial score (nSPS) is 23.1. The Labute approximate surface area is 126 Å². The average Bonchev–Trinajstić information content (AvgIpc) is 2.77. The monoisotopic (exact) mass is 307 g/mol. The molecule has 1 aliphatic carbocycles. The molecule has 118 valence electrons. The molecule has 0 radical (unpaired) electrons. The minimum Gasteiger partial charge on any atom is -0.393 e. The lowest BCUT2D eigenvalue weighted by Gasteiger charge is -2.17. The summed E-state index contributed by atoms with van der Waals surface area (Å²) < 4.78 is 0. The van der Waals surface area contributed by atoms with Crippen LogP contribution in [0.2, 0.25) is 0 Å². The molecule has 1 saturated carbocycles. The van der Waals surface area contributed by atoms with Crippen LogP contribution in [0.3, 0.4) is 0 Å². The van der Waals surface area contributed by atoms with Gasteiger partial charge < -0.3 is 21.5 Å². The Morgan fingerprint density at radius 2 is 1.95 bits per heavy atom. The fourth-order valence-corrected chi connectivity index (χ4v) is 2.15. The molecule has 1 rings (SSSR count). The van der Waals surface area contributed by atoms with Crippen LogP contribution in [-0.2, 0) is 9.59 Å². The van der Waals surface area contributed by atoms with Gasteiger partial charge in [-0.15, -0.1) is 12.4 Å². The molecule has 0 aromatic heterocycles. The zero-order valence-electron chi connectivity index (χ0n) is 12.1. The van der Waals surface area contributed by atoms with E-state index in [4.69, 9.17) is 5.73 Å². The van der Waals surface area contributed by atoms with E-state index in [1.807, 2.05) is 13.8 Å². The Kier molecular flexibility index (Phi) is 8.76. The van der Waals surface area contributed by atoms with Gasteiger partial charge in [-0.25, -0.2) is 0 Å². The van der Waals surface area contributed by atoms with Gasteiger partial charge in [-0.1, -0.05) is 20.3 Å². The Morgan fingerprint density at radius 3 is 2.45 bits per heavy atom. The van der Waals surface area contributed by atoms with Gasteiger partial charge in [0.15, 0.2) is 0 Å². The molecule has 0 aromatic carbocycles. The van der Waals surface area contributed by atoms with Gasteiger partial charge in [0.1, 0.15) is 0 Å². The van der Waals surface area contributed by atoms with E-state index in [9.17, 15) is 14.7 Å². The zero-order valence-corrected chi connectivity index (χ0v) is 12.9. The van der Waals surface area contributed by atoms with Crippen molar-refractivity contribution in [3.05, 3.63) is 0 Å². The molecule has 1 aliphatic rings. The first-order valence-electron chi connectivity index (χ1n) is 6.90. The van der Waals surface area contributed by atoms with Gasteiger partial charge in [-0.05, 0) is 18.8 Å². The summed E-state index contributed by atoms with van der Waals surface area (Å²) in [5.41, 5.74) is 5.66. The molecule has 0 aromatic rings. The summed E-state index contributed by atoms with van der Waals surface area (Å²) in [6.45, 7) is 4.10. The van der Waals surface area contributed by atoms with Crippen LogP contribution in [0.25, 0.3) is 0 Å². The second-order valence-electron chi connectivity index (χ2n) is 5.55. The fraction of sp³-hybridized carbons (Fsp3) is 0.846. The van der Waals surface area contributed by atoms with Crippen LogP contribution in [0.1, 0.15) is 33.1 Å². The van der Waals surface area contributed by atoms with Crippen molar-refractivity contribution in [2.24, 2.45) is 17.6 Å². The number of carbonyl (C=O) groups excluding carboxylic acids is 2. The second-order valence-corrected chi connectivity index (χ2v) is 5.55. The van der Waals surface area contributed by atoms with E-state index in [-0.39, 0.29) is 48.7 Å². The molecule has 2 amide bonds. The van der Waals surface area contributed by atoms with Crippen molar-refractivity contribution in [3.63, 3.8) is 0 Å². The van der Waals surface area contributed by atoms with E-state index < -0.39 is 6.04 Å². The highest BCUT2D eigenvalue weighted by Gasteiger charge is 2.25. The molecule has 0 heterocycles. The molecular formula is C13H26ClN3O3. The number of carbonyl (C=O) groups is 2. The lowest BCUT2D eigenvalue weighted by molar-refractivity contribution is -0.127. The molecule has 7 heteroatoms. The molecule has 3 atom stereocenters. The standard InChI is InChI=1S/C13H25N3O3.ClH/c1-8(2)12(14)13(19)16-7-11(18)15-6-9-4-3-5-10(9)17;/h8-10,12,17H,3-7,14H2,1-2H3,(H,15,18)(H,16,19);1H/t9?,10?,12-;/m0./s1. The van der Waals surface area contributed by atoms with Crippen molar-refractivity contribution < 1.29 is 14.7 Å². The van der Waals surface area contributed by atoms with Gasteiger partial charge in [0, 0.05) is 12.5 Å². The number of rotatable bonds is 6. The third-order valence-corrected chi connectivity index (χ3v) is 3.62. The topological polar surface area (TPSA) is 104 Å². The molecule has 20 heavy (non-hydrogen) atoms. The summed E-state index contributed by atoms with van der Waals surface area (Å²) in [7, 11) is 0. The Balaban J connectivity index is 0.00000361. The largest absolute Gasteiger partial charge is 0.393 e. The molecule has 6 nitrogen and oxygen atoms in total. The highest BCUT2D eigenvalue weighted by Crippen LogP contribution is 2.24. The quantitative estimate of drug-likeness (QED) is 0.545. The summed E-state index contributed by atoms with van der Waals surface area (Å²) in [5.74, 6) is -0.385. The van der Waals surface area contributed by atoms with Crippen LogP contribution in [0.15, 0.2) is 0 Å². The van der Waals surface area contributed by atoms with Crippen molar-refractivity contribution in [2.45, 2.75) is 45.3 Å². The third kappa shape index (κ3) is 6.07. The SMILES string of the molecule is CC(C)[C@H](N)C(=O)NCC(=O)NCC1CCCC1O.Cl. The van der Waals surface area contributed by atoms with Crippen LogP contribution in [-0.4, -0.2) is 42.2 Å². The molecule has 5 N–H and O–H groups in total. The van der Waals surface area contributed by atoms with Gasteiger partial charge in [-0.2, -0.15) is 0 Å². The maximum absolute atomic E-state index is 11.6. The second kappa shape index (κ2) is 9.15. The van der Waals surface area contributed by atoms with Crippen molar-refractivity contribution in [1.82, 2.24) is 10.6 Å². The molecule has 0 spiro atoms. The van der Waals surface area contributed by atoms with E-state index in [2.05, 4.69) is 10.6 Å². The highest BCUT2D eigenvalue weighted by molar-refractivity contribution is 5.87. The van der Waals surface area contributed by atoms with Gasteiger partial charge in [0.05, 0.1) is 18.7 Å². The minimum absolute atomic E-state index is 0. The number of nitrogens with two attached hydrogens (primary N) is 1. The maximum Gasteiger partial charge on any atom is 0.239 e. The molecule has 1 fully saturated rings. The molecule has 0 bridgehead atoms. The third-order valence-electron chi connectivity index (χ3n) is 3.62. The Morgan fingerprint density at radius 1 is 1.30 bits per heavy atom. The van der Waals surface area contributed by atoms with E-state index >= 15 is 0 Å². The summed E-state index contributed by atoms with van der Waals surface area (Å²) in [6.07, 6.45) is 2.43. The summed E-state index contributed by atoms with van der Waals surface area (Å²) in [5, 5.41) is 14.9. The maximum atomic E-state index is 11.6. The van der Waals surface area contributed by atoms with Gasteiger partial charge in [0.2, 0.25) is 11.8 Å². The van der Waals surface area contributed by atoms with Crippen LogP contribution >= 0.6 is 12.4 Å². The molecule has 0 aliphatic heterocycles. The van der Waals surface area contributed by atoms with E-state index in [0.717, 1.165) is 19.3 Å². The number of hydrogen-bond donors (Lipinski definition) is 4. The lowest BCUT2D eigenvalue weighted by Crippen LogP contribution is -2.47. The van der Waals surface area contributed by atoms with E-state index in [1.165, 1.54) is 0 Å². The Hall–Kier alpha value is -0.850. The molecule has 2 unspecified atom stereocenters. The van der Waals surface area contributed by atoms with Crippen molar-refractivity contribution >= 4 is 24.2 Å². The predicted molar refractivity (Wildman–Crippen MR) is 79.4 cm³/mol. The van der Waals surface area contributed by atoms with Crippen molar-refractivity contribution in [3.8, 4) is 0 Å². The summed E-state index contributed by atoms with van der Waals surface area (Å²) in [4.78, 5) is 23.1. The minimum atomic E-state index is -0.593. The number of halogens is 1. The predicted octanol–water partition coefficient (Wildman–Crippen LogP) is -0.215. The first-order chi connectivity index (χ1) is 8.91. The average molecular weight is 308 g/mol. The summed E-state index contributed by atoms with van der Waals surface area (Å²) >= 11 is 0. The number of aliphatic hydroxyl groups is 1. The number of aliphatic hydroxyl groups excluding tert-OH is 1. The van der Waals surface area contributed by atoms with Gasteiger partial charge in [-0.3, -0.25) is 9.59 Å². The lowest BCUT2D eigenvalue weighted by atomic mass is 10.1. The van der Waals surface area contributed by atoms with Gasteiger partial charge in [0.25, 0.3) is 0 Å². The highest BCUT2D eigenvalue weighted by atomic mass is 35.5. The van der Waals surface area contributed by atoms with Crippen LogP contribution < -0.4 is 16.4 Å². The van der Waals surface area contributed by atoms with Crippen LogP contribution in [0.5, 0.6) is 0 Å². The Bertz CT molecular complexity index is 326. The summed E-state index contributed by atoms with van der Waals surface area (Å²) in [6, 6.07) is -0.593. The van der Waals surface area contributed by atoms with Gasteiger partial charge >= 0.3 is 0 Å². The first-order valence-corrected chi connectivity index (χ1v) is 6.90. The zero-order chi connectivity index (χ0) is 14.4. The van der Waals surface area contributed by atoms with Crippen molar-refractivity contribution in [2.75, 3.05) is 13.1 Å². The smallest absolute Gasteiger partial charge is 0.239 e. The van der Waals surface area contributed by atoms with Crippen LogP contribution in [0, 0.1) is 11.8 Å². The molecular weight excluding hydrogens is 282 g/mol. The number of hydrogen-bond acceptors (Lipinski definition) is 4. The first kappa shape index (κ1) is 19.1. The van der Waals surface area contributed by atoms with E-state index in [1.54, 1.807) is 0 Å². The number of nitrogens with one attached hydrogen (secondary N) is 2. The van der Waals surface area contributed by atoms with E-state index in [0.29, 0.717) is 6.54 Å².